The Bertz CT molecular complexity index is 1510. The zero-order valence-electron chi connectivity index (χ0n) is 24.2. The average molecular weight is 653 g/mol. The molecule has 0 aromatic heterocycles. The summed E-state index contributed by atoms with van der Waals surface area (Å²) in [5.74, 6) is -0.901. The van der Waals surface area contributed by atoms with Gasteiger partial charge < -0.3 is 10.2 Å². The normalized spacial score (nSPS) is 12.1. The summed E-state index contributed by atoms with van der Waals surface area (Å²) in [6.45, 7) is 7.34. The second kappa shape index (κ2) is 15.1. The van der Waals surface area contributed by atoms with Crippen LogP contribution in [-0.4, -0.2) is 44.3 Å². The first kappa shape index (κ1) is 33.7. The van der Waals surface area contributed by atoms with Crippen molar-refractivity contribution in [3.63, 3.8) is 0 Å². The fourth-order valence-corrected chi connectivity index (χ4v) is 6.41. The van der Waals surface area contributed by atoms with Crippen molar-refractivity contribution in [3.05, 3.63) is 92.4 Å². The van der Waals surface area contributed by atoms with Crippen molar-refractivity contribution in [3.8, 4) is 0 Å². The summed E-state index contributed by atoms with van der Waals surface area (Å²) in [5, 5.41) is 4.02. The van der Waals surface area contributed by atoms with Crippen LogP contribution in [0.1, 0.15) is 49.8 Å². The Morgan fingerprint density at radius 3 is 2.19 bits per heavy atom. The summed E-state index contributed by atoms with van der Waals surface area (Å²) in [4.78, 5) is 28.9. The number of hydrogen-bond acceptors (Lipinski definition) is 4. The Hall–Kier alpha value is -2.78. The Labute approximate surface area is 263 Å². The number of aryl methyl sites for hydroxylation is 2. The number of benzene rings is 3. The molecule has 42 heavy (non-hydrogen) atoms. The number of anilines is 1. The van der Waals surface area contributed by atoms with Crippen LogP contribution in [0.2, 0.25) is 15.1 Å². The second-order valence-electron chi connectivity index (χ2n) is 10.1. The number of rotatable bonds is 13. The fourth-order valence-electron chi connectivity index (χ4n) is 4.36. The fraction of sp³-hybridized carbons (Fsp3) is 0.355. The minimum Gasteiger partial charge on any atom is -0.354 e. The predicted molar refractivity (Wildman–Crippen MR) is 171 cm³/mol. The molecule has 2 amide bonds. The number of sulfonamides is 1. The number of halogens is 3. The van der Waals surface area contributed by atoms with Crippen LogP contribution in [-0.2, 0) is 26.2 Å². The van der Waals surface area contributed by atoms with Gasteiger partial charge in [0.2, 0.25) is 11.8 Å². The van der Waals surface area contributed by atoms with Gasteiger partial charge in [-0.3, -0.25) is 13.9 Å². The highest BCUT2D eigenvalue weighted by Crippen LogP contribution is 2.29. The number of nitrogens with zero attached hydrogens (tertiary/aromatic N) is 2. The molecular formula is C31H36Cl3N3O4S. The van der Waals surface area contributed by atoms with Crippen LogP contribution in [0.5, 0.6) is 0 Å². The lowest BCUT2D eigenvalue weighted by Crippen LogP contribution is -2.52. The molecule has 0 radical (unpaired) electrons. The van der Waals surface area contributed by atoms with E-state index in [0.29, 0.717) is 33.6 Å². The van der Waals surface area contributed by atoms with Crippen LogP contribution in [0.3, 0.4) is 0 Å². The predicted octanol–water partition coefficient (Wildman–Crippen LogP) is 7.18. The number of nitrogens with one attached hydrogen (secondary N) is 1. The maximum Gasteiger partial charge on any atom is 0.264 e. The van der Waals surface area contributed by atoms with Gasteiger partial charge in [-0.25, -0.2) is 8.42 Å². The van der Waals surface area contributed by atoms with Gasteiger partial charge in [-0.15, -0.1) is 0 Å². The summed E-state index contributed by atoms with van der Waals surface area (Å²) in [7, 11) is -4.20. The van der Waals surface area contributed by atoms with Crippen molar-refractivity contribution >= 4 is 62.3 Å². The molecule has 3 aromatic rings. The number of carbonyl (C=O) groups excluding carboxylic acids is 2. The third kappa shape index (κ3) is 8.40. The van der Waals surface area contributed by atoms with Gasteiger partial charge in [0.1, 0.15) is 12.6 Å². The molecule has 0 aliphatic carbocycles. The molecule has 0 saturated heterocycles. The maximum atomic E-state index is 14.2. The number of unbranched alkanes of at least 4 members (excludes halogenated alkanes) is 1. The molecule has 3 aromatic carbocycles. The molecule has 0 heterocycles. The van der Waals surface area contributed by atoms with E-state index in [1.54, 1.807) is 56.3 Å². The lowest BCUT2D eigenvalue weighted by molar-refractivity contribution is -0.140. The lowest BCUT2D eigenvalue weighted by atomic mass is 10.1. The Balaban J connectivity index is 2.08. The van der Waals surface area contributed by atoms with Crippen LogP contribution in [0.4, 0.5) is 5.69 Å². The summed E-state index contributed by atoms with van der Waals surface area (Å²) in [6, 6.07) is 15.2. The SMILES string of the molecule is CCCCNC(=O)[C@H](CC)N(Cc1ccc(Cl)cc1Cl)C(=O)CN(c1ccc(C)c(Cl)c1)S(=O)(=O)c1ccc(C)cc1. The number of amides is 2. The molecule has 1 N–H and O–H groups in total. The van der Waals surface area contributed by atoms with Gasteiger partial charge >= 0.3 is 0 Å². The largest absolute Gasteiger partial charge is 0.354 e. The summed E-state index contributed by atoms with van der Waals surface area (Å²) in [6.07, 6.45) is 1.98. The molecule has 0 bridgehead atoms. The highest BCUT2D eigenvalue weighted by Gasteiger charge is 2.34. The van der Waals surface area contributed by atoms with E-state index >= 15 is 0 Å². The van der Waals surface area contributed by atoms with Gasteiger partial charge in [-0.05, 0) is 74.2 Å². The standard InChI is InChI=1S/C31H36Cl3N3O4S/c1-5-7-16-35-31(39)29(6-2)36(19-23-11-12-24(32)17-28(23)34)30(38)20-37(25-13-10-22(4)27(33)18-25)42(40,41)26-14-8-21(3)9-15-26/h8-15,17-18,29H,5-7,16,19-20H2,1-4H3,(H,35,39)/t29-/m0/s1. The van der Waals surface area contributed by atoms with Crippen molar-refractivity contribution < 1.29 is 18.0 Å². The molecule has 0 unspecified atom stereocenters. The van der Waals surface area contributed by atoms with Gasteiger partial charge in [0.05, 0.1) is 10.6 Å². The average Bonchev–Trinajstić information content (AvgIpc) is 2.94. The monoisotopic (exact) mass is 651 g/mol. The quantitative estimate of drug-likeness (QED) is 0.198. The smallest absolute Gasteiger partial charge is 0.264 e. The first-order valence-corrected chi connectivity index (χ1v) is 16.3. The van der Waals surface area contributed by atoms with Crippen molar-refractivity contribution in [2.24, 2.45) is 0 Å². The minimum absolute atomic E-state index is 0.0224. The van der Waals surface area contributed by atoms with Gasteiger partial charge in [0.25, 0.3) is 10.0 Å². The molecule has 0 aliphatic rings. The molecule has 3 rings (SSSR count). The Kier molecular flexibility index (Phi) is 12.1. The molecule has 0 fully saturated rings. The van der Waals surface area contributed by atoms with Gasteiger partial charge in [-0.1, -0.05) is 84.9 Å². The van der Waals surface area contributed by atoms with Crippen LogP contribution in [0, 0.1) is 13.8 Å². The topological polar surface area (TPSA) is 86.8 Å². The van der Waals surface area contributed by atoms with Crippen LogP contribution < -0.4 is 9.62 Å². The van der Waals surface area contributed by atoms with Crippen molar-refractivity contribution in [2.75, 3.05) is 17.4 Å². The maximum absolute atomic E-state index is 14.2. The lowest BCUT2D eigenvalue weighted by Gasteiger charge is -2.33. The Morgan fingerprint density at radius 2 is 1.60 bits per heavy atom. The van der Waals surface area contributed by atoms with E-state index in [4.69, 9.17) is 34.8 Å². The Morgan fingerprint density at radius 1 is 0.905 bits per heavy atom. The molecule has 1 atom stereocenters. The first-order valence-electron chi connectivity index (χ1n) is 13.8. The van der Waals surface area contributed by atoms with Crippen LogP contribution >= 0.6 is 34.8 Å². The zero-order chi connectivity index (χ0) is 31.0. The molecule has 226 valence electrons. The number of hydrogen-bond donors (Lipinski definition) is 1. The summed E-state index contributed by atoms with van der Waals surface area (Å²) >= 11 is 18.9. The van der Waals surface area contributed by atoms with Crippen LogP contribution in [0.15, 0.2) is 65.6 Å². The van der Waals surface area contributed by atoms with Crippen molar-refractivity contribution in [1.82, 2.24) is 10.2 Å². The second-order valence-corrected chi connectivity index (χ2v) is 13.2. The van der Waals surface area contributed by atoms with Gasteiger partial charge in [-0.2, -0.15) is 0 Å². The molecule has 11 heteroatoms. The van der Waals surface area contributed by atoms with Crippen molar-refractivity contribution in [1.29, 1.82) is 0 Å². The molecule has 0 aliphatic heterocycles. The number of carbonyl (C=O) groups is 2. The van der Waals surface area contributed by atoms with Crippen molar-refractivity contribution in [2.45, 2.75) is 64.4 Å². The molecule has 0 spiro atoms. The van der Waals surface area contributed by atoms with E-state index in [0.717, 1.165) is 28.3 Å². The van der Waals surface area contributed by atoms with Crippen LogP contribution in [0.25, 0.3) is 0 Å². The van der Waals surface area contributed by atoms with E-state index < -0.39 is 28.5 Å². The highest BCUT2D eigenvalue weighted by atomic mass is 35.5. The molecule has 7 nitrogen and oxygen atoms in total. The van der Waals surface area contributed by atoms with E-state index in [1.807, 2.05) is 13.8 Å². The third-order valence-electron chi connectivity index (χ3n) is 6.90. The molecular weight excluding hydrogens is 617 g/mol. The zero-order valence-corrected chi connectivity index (χ0v) is 27.2. The third-order valence-corrected chi connectivity index (χ3v) is 9.68. The van der Waals surface area contributed by atoms with E-state index in [-0.39, 0.29) is 23.0 Å². The van der Waals surface area contributed by atoms with Gasteiger partial charge in [0, 0.05) is 28.2 Å². The van der Waals surface area contributed by atoms with E-state index in [2.05, 4.69) is 5.32 Å². The summed E-state index contributed by atoms with van der Waals surface area (Å²) in [5.41, 5.74) is 2.44. The van der Waals surface area contributed by atoms with Gasteiger partial charge in [0.15, 0.2) is 0 Å². The minimum atomic E-state index is -4.20. The highest BCUT2D eigenvalue weighted by molar-refractivity contribution is 7.92. The first-order chi connectivity index (χ1) is 19.9. The van der Waals surface area contributed by atoms with E-state index in [9.17, 15) is 18.0 Å². The summed E-state index contributed by atoms with van der Waals surface area (Å²) < 4.78 is 29.0. The molecule has 0 saturated carbocycles. The van der Waals surface area contributed by atoms with E-state index in [1.165, 1.54) is 23.1 Å².